The first kappa shape index (κ1) is 33.1. The van der Waals surface area contributed by atoms with Crippen LogP contribution in [0.2, 0.25) is 0 Å². The van der Waals surface area contributed by atoms with Crippen LogP contribution in [0.15, 0.2) is 36.4 Å². The molecule has 46 heavy (non-hydrogen) atoms. The summed E-state index contributed by atoms with van der Waals surface area (Å²) in [6.07, 6.45) is -1.53. The molecule has 1 aliphatic carbocycles. The van der Waals surface area contributed by atoms with Crippen molar-refractivity contribution in [2.45, 2.75) is 108 Å². The third-order valence-electron chi connectivity index (χ3n) is 8.79. The largest absolute Gasteiger partial charge is 0.479 e. The average molecular weight is 647 g/mol. The molecule has 0 bridgehead atoms. The highest BCUT2D eigenvalue weighted by Gasteiger charge is 2.61. The maximum Gasteiger partial charge on any atom is 0.410 e. The third-order valence-corrected chi connectivity index (χ3v) is 8.79. The number of hydrogen-bond acceptors (Lipinski definition) is 7. The van der Waals surface area contributed by atoms with Gasteiger partial charge in [0.25, 0.3) is 0 Å². The van der Waals surface area contributed by atoms with Gasteiger partial charge in [-0.3, -0.25) is 14.5 Å². The zero-order chi connectivity index (χ0) is 33.4. The predicted molar refractivity (Wildman–Crippen MR) is 158 cm³/mol. The van der Waals surface area contributed by atoms with Crippen LogP contribution >= 0.6 is 0 Å². The summed E-state index contributed by atoms with van der Waals surface area (Å²) in [5.41, 5.74) is -0.671. The molecule has 0 aromatic heterocycles. The van der Waals surface area contributed by atoms with E-state index < -0.39 is 90.4 Å². The van der Waals surface area contributed by atoms with E-state index in [1.807, 2.05) is 24.3 Å². The average Bonchev–Trinajstić information content (AvgIpc) is 3.28. The van der Waals surface area contributed by atoms with Crippen LogP contribution in [-0.4, -0.2) is 86.7 Å². The summed E-state index contributed by atoms with van der Waals surface area (Å²) in [7, 11) is 0. The highest BCUT2D eigenvalue weighted by atomic mass is 19.3. The van der Waals surface area contributed by atoms with Gasteiger partial charge in [-0.05, 0) is 51.2 Å². The normalized spacial score (nSPS) is 30.0. The summed E-state index contributed by atoms with van der Waals surface area (Å²) in [6, 6.07) is 4.73. The number of carbonyl (C=O) groups excluding carboxylic acids is 4. The molecule has 0 spiro atoms. The molecule has 5 atom stereocenters. The number of nitrogens with zero attached hydrogens (tertiary/aromatic N) is 2. The van der Waals surface area contributed by atoms with Crippen molar-refractivity contribution in [3.63, 3.8) is 0 Å². The number of allylic oxidation sites excluding steroid dienone is 1. The lowest BCUT2D eigenvalue weighted by atomic mass is 10.0. The van der Waals surface area contributed by atoms with Crippen molar-refractivity contribution < 1.29 is 47.3 Å². The Labute approximate surface area is 265 Å². The highest BCUT2D eigenvalue weighted by molar-refractivity contribution is 5.96. The Kier molecular flexibility index (Phi) is 9.02. The molecule has 2 fully saturated rings. The van der Waals surface area contributed by atoms with Crippen molar-refractivity contribution in [3.05, 3.63) is 47.5 Å². The monoisotopic (exact) mass is 646 g/mol. The molecule has 1 saturated heterocycles. The van der Waals surface area contributed by atoms with E-state index in [-0.39, 0.29) is 25.8 Å². The predicted octanol–water partition coefficient (Wildman–Crippen LogP) is 3.73. The van der Waals surface area contributed by atoms with Gasteiger partial charge < -0.3 is 30.1 Å². The fourth-order valence-electron chi connectivity index (χ4n) is 6.26. The van der Waals surface area contributed by atoms with Crippen molar-refractivity contribution >= 4 is 30.0 Å². The van der Waals surface area contributed by atoms with Crippen molar-refractivity contribution in [3.8, 4) is 0 Å². The van der Waals surface area contributed by atoms with Crippen molar-refractivity contribution in [1.82, 2.24) is 20.4 Å². The molecule has 4 aliphatic rings. The van der Waals surface area contributed by atoms with Gasteiger partial charge in [-0.2, -0.15) is 0 Å². The second-order valence-corrected chi connectivity index (χ2v) is 13.5. The van der Waals surface area contributed by atoms with Crippen LogP contribution < -0.4 is 10.6 Å². The Morgan fingerprint density at radius 3 is 2.39 bits per heavy atom. The summed E-state index contributed by atoms with van der Waals surface area (Å²) < 4.78 is 40.9. The Morgan fingerprint density at radius 2 is 1.76 bits per heavy atom. The van der Waals surface area contributed by atoms with Gasteiger partial charge in [-0.15, -0.1) is 0 Å². The van der Waals surface area contributed by atoms with Crippen molar-refractivity contribution in [1.29, 1.82) is 0 Å². The summed E-state index contributed by atoms with van der Waals surface area (Å²) in [5.74, 6) is -6.74. The third kappa shape index (κ3) is 7.42. The molecule has 1 saturated carbocycles. The van der Waals surface area contributed by atoms with Gasteiger partial charge in [0, 0.05) is 38.3 Å². The number of carboxylic acids is 1. The highest BCUT2D eigenvalue weighted by Crippen LogP contribution is 2.45. The van der Waals surface area contributed by atoms with Crippen LogP contribution in [0.4, 0.5) is 18.4 Å². The molecule has 0 unspecified atom stereocenters. The number of aliphatic carboxylic acids is 1. The van der Waals surface area contributed by atoms with Gasteiger partial charge in [0.05, 0.1) is 6.54 Å². The van der Waals surface area contributed by atoms with E-state index in [1.165, 1.54) is 17.1 Å². The minimum Gasteiger partial charge on any atom is -0.479 e. The zero-order valence-corrected chi connectivity index (χ0v) is 26.1. The number of ether oxygens (including phenoxy) is 2. The molecule has 5 rings (SSSR count). The number of alkyl carbamates (subject to hydrolysis) is 1. The second-order valence-electron chi connectivity index (χ2n) is 13.5. The van der Waals surface area contributed by atoms with Crippen molar-refractivity contribution in [2.24, 2.45) is 5.92 Å². The molecule has 1 aromatic carbocycles. The number of rotatable bonds is 3. The lowest BCUT2D eigenvalue weighted by Gasteiger charge is -2.30. The molecule has 0 radical (unpaired) electrons. The Balaban J connectivity index is 1.40. The molecule has 1 aromatic rings. The van der Waals surface area contributed by atoms with Gasteiger partial charge in [-0.25, -0.2) is 23.2 Å². The minimum atomic E-state index is -3.20. The number of benzene rings is 1. The Hall–Kier alpha value is -4.23. The van der Waals surface area contributed by atoms with Gasteiger partial charge in [0.1, 0.15) is 29.3 Å². The van der Waals surface area contributed by atoms with Crippen LogP contribution in [-0.2, 0) is 36.9 Å². The summed E-state index contributed by atoms with van der Waals surface area (Å²) in [6.45, 7) is 5.19. The minimum absolute atomic E-state index is 0.0465. The number of alkyl halides is 2. The maximum absolute atomic E-state index is 14.9. The van der Waals surface area contributed by atoms with E-state index >= 15 is 0 Å². The molecule has 3 heterocycles. The molecule has 3 aliphatic heterocycles. The first-order valence-electron chi connectivity index (χ1n) is 15.5. The van der Waals surface area contributed by atoms with Gasteiger partial charge in [-0.1, -0.05) is 36.4 Å². The number of halogens is 2. The van der Waals surface area contributed by atoms with Gasteiger partial charge in [0.2, 0.25) is 17.7 Å². The number of nitrogens with one attached hydrogen (secondary N) is 2. The second kappa shape index (κ2) is 12.5. The smallest absolute Gasteiger partial charge is 0.410 e. The van der Waals surface area contributed by atoms with Crippen LogP contribution in [0.25, 0.3) is 0 Å². The number of carboxylic acid groups (broad SMARTS) is 1. The Morgan fingerprint density at radius 1 is 1.09 bits per heavy atom. The molecule has 250 valence electrons. The van der Waals surface area contributed by atoms with Crippen LogP contribution in [0.3, 0.4) is 0 Å². The first-order chi connectivity index (χ1) is 21.6. The van der Waals surface area contributed by atoms with E-state index in [4.69, 9.17) is 9.47 Å². The lowest BCUT2D eigenvalue weighted by Crippen LogP contribution is -2.56. The van der Waals surface area contributed by atoms with E-state index in [2.05, 4.69) is 10.6 Å². The number of carbonyl (C=O) groups is 5. The molecule has 3 N–H and O–H groups in total. The van der Waals surface area contributed by atoms with Crippen molar-refractivity contribution in [2.75, 3.05) is 6.54 Å². The van der Waals surface area contributed by atoms with Crippen LogP contribution in [0.1, 0.15) is 70.4 Å². The number of fused-ring (bicyclic) bond motifs is 3. The van der Waals surface area contributed by atoms with E-state index in [9.17, 15) is 37.9 Å². The quantitative estimate of drug-likeness (QED) is 0.420. The standard InChI is InChI=1S/C32H40F2N4O8/c1-30(2,3)46-28(43)35-23-11-13-31(33,34)12-7-6-10-21-15-32(21,27(41)42)36-25(39)24-14-22(18-38(24)26(23)40)45-29(44)37-16-19-8-4-5-9-20(19)17-37/h4-6,8-10,21-24H,7,11-18H2,1-3H3,(H,35,43)(H,36,39)(H,41,42)/b10-6-/t21-,22+,23-,24-,32+/m0/s1. The van der Waals surface area contributed by atoms with E-state index in [0.29, 0.717) is 13.1 Å². The topological polar surface area (TPSA) is 155 Å². The fourth-order valence-corrected chi connectivity index (χ4v) is 6.26. The Bertz CT molecular complexity index is 1400. The lowest BCUT2D eigenvalue weighted by molar-refractivity contribution is -0.145. The zero-order valence-electron chi connectivity index (χ0n) is 26.1. The first-order valence-corrected chi connectivity index (χ1v) is 15.5. The molecule has 4 amide bonds. The summed E-state index contributed by atoms with van der Waals surface area (Å²) in [4.78, 5) is 68.4. The summed E-state index contributed by atoms with van der Waals surface area (Å²) >= 11 is 0. The fraction of sp³-hybridized carbons (Fsp3) is 0.594. The van der Waals surface area contributed by atoms with Crippen LogP contribution in [0.5, 0.6) is 0 Å². The van der Waals surface area contributed by atoms with Gasteiger partial charge in [0.15, 0.2) is 0 Å². The molecule has 12 nitrogen and oxygen atoms in total. The van der Waals surface area contributed by atoms with Crippen LogP contribution in [0, 0.1) is 5.92 Å². The molecular weight excluding hydrogens is 606 g/mol. The van der Waals surface area contributed by atoms with E-state index in [0.717, 1.165) is 16.0 Å². The summed E-state index contributed by atoms with van der Waals surface area (Å²) in [5, 5.41) is 15.0. The molecular formula is C32H40F2N4O8. The SMILES string of the molecule is CC(C)(C)OC(=O)N[C@H]1CCC(F)(F)CC/C=C\[C@H]2C[C@@]2(C(=O)O)NC(=O)[C@@H]2C[C@@H](OC(=O)N3Cc4ccccc4C3)CN2C1=O. The maximum atomic E-state index is 14.9. The van der Waals surface area contributed by atoms with Gasteiger partial charge >= 0.3 is 18.2 Å². The number of amides is 4. The number of hydrogen-bond donors (Lipinski definition) is 3. The van der Waals surface area contributed by atoms with E-state index in [1.54, 1.807) is 20.8 Å². The molecule has 14 heteroatoms.